The minimum absolute atomic E-state index is 0.159. The Morgan fingerprint density at radius 1 is 1.14 bits per heavy atom. The zero-order valence-electron chi connectivity index (χ0n) is 7.99. The van der Waals surface area contributed by atoms with Crippen LogP contribution in [-0.2, 0) is 6.42 Å². The zero-order chi connectivity index (χ0) is 9.80. The lowest BCUT2D eigenvalue weighted by Crippen LogP contribution is -2.01. The lowest BCUT2D eigenvalue weighted by Gasteiger charge is -2.12. The molecule has 0 saturated carbocycles. The van der Waals surface area contributed by atoms with Gasteiger partial charge in [0.15, 0.2) is 0 Å². The molecule has 0 radical (unpaired) electrons. The molecule has 1 atom stereocenters. The van der Waals surface area contributed by atoms with Crippen molar-refractivity contribution in [3.63, 3.8) is 0 Å². The summed E-state index contributed by atoms with van der Waals surface area (Å²) in [5.74, 6) is 0.415. The van der Waals surface area contributed by atoms with E-state index >= 15 is 0 Å². The third-order valence-corrected chi connectivity index (χ3v) is 2.48. The number of rotatable bonds is 2. The predicted octanol–water partition coefficient (Wildman–Crippen LogP) is 3.50. The molecule has 1 aliphatic carbocycles. The van der Waals surface area contributed by atoms with Crippen molar-refractivity contribution in [3.05, 3.63) is 60.0 Å². The minimum atomic E-state index is -0.159. The molecule has 0 amide bonds. The molecule has 0 aromatic heterocycles. The van der Waals surface area contributed by atoms with Crippen LogP contribution >= 0.6 is 0 Å². The van der Waals surface area contributed by atoms with Crippen LogP contribution < -0.4 is 0 Å². The van der Waals surface area contributed by atoms with Gasteiger partial charge in [0.25, 0.3) is 0 Å². The van der Waals surface area contributed by atoms with Gasteiger partial charge in [-0.15, -0.1) is 0 Å². The predicted molar refractivity (Wildman–Crippen MR) is 56.5 cm³/mol. The molecule has 14 heavy (non-hydrogen) atoms. The maximum Gasteiger partial charge on any atom is 0.123 e. The Balaban J connectivity index is 2.00. The van der Waals surface area contributed by atoms with Gasteiger partial charge in [-0.3, -0.25) is 0 Å². The van der Waals surface area contributed by atoms with Gasteiger partial charge in [0.1, 0.15) is 5.82 Å². The van der Waals surface area contributed by atoms with Gasteiger partial charge in [0.2, 0.25) is 0 Å². The molecular weight excluding hydrogens is 175 g/mol. The molecule has 1 aromatic carbocycles. The van der Waals surface area contributed by atoms with E-state index in [4.69, 9.17) is 0 Å². The van der Waals surface area contributed by atoms with Gasteiger partial charge >= 0.3 is 0 Å². The molecule has 0 heterocycles. The molecule has 0 unspecified atom stereocenters. The fraction of sp³-hybridized carbons (Fsp3) is 0.231. The fourth-order valence-electron chi connectivity index (χ4n) is 1.71. The number of hydrogen-bond donors (Lipinski definition) is 0. The second-order valence-corrected chi connectivity index (χ2v) is 3.64. The molecule has 0 fully saturated rings. The largest absolute Gasteiger partial charge is 0.207 e. The van der Waals surface area contributed by atoms with E-state index in [9.17, 15) is 4.39 Å². The molecule has 0 bridgehead atoms. The fourth-order valence-corrected chi connectivity index (χ4v) is 1.71. The third kappa shape index (κ3) is 2.32. The topological polar surface area (TPSA) is 0 Å². The minimum Gasteiger partial charge on any atom is -0.207 e. The van der Waals surface area contributed by atoms with E-state index in [0.29, 0.717) is 5.92 Å². The van der Waals surface area contributed by atoms with Crippen LogP contribution in [0.4, 0.5) is 4.39 Å². The quantitative estimate of drug-likeness (QED) is 0.666. The summed E-state index contributed by atoms with van der Waals surface area (Å²) in [6.45, 7) is 0. The lowest BCUT2D eigenvalue weighted by molar-refractivity contribution is 0.622. The Labute approximate surface area is 83.8 Å². The van der Waals surface area contributed by atoms with Crippen molar-refractivity contribution in [2.75, 3.05) is 0 Å². The van der Waals surface area contributed by atoms with Gasteiger partial charge in [-0.2, -0.15) is 0 Å². The van der Waals surface area contributed by atoms with Crippen molar-refractivity contribution in [2.24, 2.45) is 5.92 Å². The average molecular weight is 188 g/mol. The first-order valence-corrected chi connectivity index (χ1v) is 4.92. The molecule has 0 spiro atoms. The molecule has 72 valence electrons. The standard InChI is InChI=1S/C13H13F/c14-13-8-6-12(7-9-13)10-11-4-2-1-3-5-11/h1-4,6-9,11H,5,10H2/t11-/m0/s1. The number of allylic oxidation sites excluding steroid dienone is 4. The molecule has 0 saturated heterocycles. The van der Waals surface area contributed by atoms with Crippen molar-refractivity contribution in [2.45, 2.75) is 12.8 Å². The summed E-state index contributed by atoms with van der Waals surface area (Å²) in [7, 11) is 0. The second kappa shape index (κ2) is 4.23. The molecule has 1 aromatic rings. The van der Waals surface area contributed by atoms with Crippen LogP contribution in [0.2, 0.25) is 0 Å². The van der Waals surface area contributed by atoms with E-state index in [1.165, 1.54) is 17.7 Å². The summed E-state index contributed by atoms with van der Waals surface area (Å²) in [6.07, 6.45) is 10.6. The van der Waals surface area contributed by atoms with Crippen molar-refractivity contribution in [3.8, 4) is 0 Å². The van der Waals surface area contributed by atoms with Gasteiger partial charge in [-0.05, 0) is 36.5 Å². The number of halogens is 1. The van der Waals surface area contributed by atoms with Crippen molar-refractivity contribution in [1.82, 2.24) is 0 Å². The highest BCUT2D eigenvalue weighted by Crippen LogP contribution is 2.17. The normalized spacial score (nSPS) is 19.9. The summed E-state index contributed by atoms with van der Waals surface area (Å²) in [6, 6.07) is 6.78. The van der Waals surface area contributed by atoms with Crippen LogP contribution in [0.25, 0.3) is 0 Å². The van der Waals surface area contributed by atoms with Gasteiger partial charge in [-0.25, -0.2) is 4.39 Å². The van der Waals surface area contributed by atoms with Crippen LogP contribution in [0.5, 0.6) is 0 Å². The highest BCUT2D eigenvalue weighted by Gasteiger charge is 2.06. The second-order valence-electron chi connectivity index (χ2n) is 3.64. The summed E-state index contributed by atoms with van der Waals surface area (Å²) in [4.78, 5) is 0. The van der Waals surface area contributed by atoms with E-state index in [1.54, 1.807) is 0 Å². The lowest BCUT2D eigenvalue weighted by atomic mass is 9.93. The Kier molecular flexibility index (Phi) is 2.78. The van der Waals surface area contributed by atoms with E-state index in [-0.39, 0.29) is 5.82 Å². The number of hydrogen-bond acceptors (Lipinski definition) is 0. The first-order chi connectivity index (χ1) is 6.84. The number of benzene rings is 1. The zero-order valence-corrected chi connectivity index (χ0v) is 7.99. The van der Waals surface area contributed by atoms with Crippen LogP contribution in [0.1, 0.15) is 12.0 Å². The van der Waals surface area contributed by atoms with Gasteiger partial charge in [0.05, 0.1) is 0 Å². The summed E-state index contributed by atoms with van der Waals surface area (Å²) >= 11 is 0. The summed E-state index contributed by atoms with van der Waals surface area (Å²) in [5.41, 5.74) is 1.20. The first-order valence-electron chi connectivity index (χ1n) is 4.92. The summed E-state index contributed by atoms with van der Waals surface area (Å²) in [5, 5.41) is 0. The van der Waals surface area contributed by atoms with E-state index in [0.717, 1.165) is 12.8 Å². The molecule has 0 N–H and O–H groups in total. The van der Waals surface area contributed by atoms with Crippen LogP contribution in [0.3, 0.4) is 0 Å². The Hall–Kier alpha value is -1.37. The molecule has 2 rings (SSSR count). The van der Waals surface area contributed by atoms with Crippen LogP contribution in [0.15, 0.2) is 48.6 Å². The van der Waals surface area contributed by atoms with Crippen LogP contribution in [-0.4, -0.2) is 0 Å². The van der Waals surface area contributed by atoms with Gasteiger partial charge < -0.3 is 0 Å². The SMILES string of the molecule is Fc1ccc(C[C@H]2C=CC=CC2)cc1. The molecule has 0 nitrogen and oxygen atoms in total. The van der Waals surface area contributed by atoms with Crippen molar-refractivity contribution < 1.29 is 4.39 Å². The Bertz CT molecular complexity index is 346. The highest BCUT2D eigenvalue weighted by molar-refractivity contribution is 5.20. The highest BCUT2D eigenvalue weighted by atomic mass is 19.1. The third-order valence-electron chi connectivity index (χ3n) is 2.48. The molecule has 0 aliphatic heterocycles. The maximum absolute atomic E-state index is 12.6. The molecule has 1 heteroatoms. The summed E-state index contributed by atoms with van der Waals surface area (Å²) < 4.78 is 12.6. The van der Waals surface area contributed by atoms with E-state index < -0.39 is 0 Å². The van der Waals surface area contributed by atoms with Crippen LogP contribution in [0, 0.1) is 11.7 Å². The van der Waals surface area contributed by atoms with Gasteiger partial charge in [-0.1, -0.05) is 36.4 Å². The van der Waals surface area contributed by atoms with E-state index in [2.05, 4.69) is 24.3 Å². The van der Waals surface area contributed by atoms with Gasteiger partial charge in [0, 0.05) is 0 Å². The maximum atomic E-state index is 12.6. The first kappa shape index (κ1) is 9.20. The van der Waals surface area contributed by atoms with Crippen molar-refractivity contribution >= 4 is 0 Å². The monoisotopic (exact) mass is 188 g/mol. The van der Waals surface area contributed by atoms with E-state index in [1.807, 2.05) is 12.1 Å². The average Bonchev–Trinajstić information content (AvgIpc) is 2.23. The molecular formula is C13H13F. The Morgan fingerprint density at radius 2 is 1.93 bits per heavy atom. The molecule has 1 aliphatic rings. The van der Waals surface area contributed by atoms with Crippen molar-refractivity contribution in [1.29, 1.82) is 0 Å². The smallest absolute Gasteiger partial charge is 0.123 e. The Morgan fingerprint density at radius 3 is 2.57 bits per heavy atom.